The Balaban J connectivity index is 1.77. The van der Waals surface area contributed by atoms with Gasteiger partial charge in [-0.3, -0.25) is 4.79 Å². The fourth-order valence-electron chi connectivity index (χ4n) is 2.50. The van der Waals surface area contributed by atoms with Crippen molar-refractivity contribution in [3.05, 3.63) is 69.3 Å². The third-order valence-corrected chi connectivity index (χ3v) is 5.15. The SMILES string of the molecule is CCCCc1ccc(N=C2NC(=O)C(=Cc3c(F)cccc3Cl)S2)cc1. The van der Waals surface area contributed by atoms with Crippen LogP contribution in [-0.4, -0.2) is 11.1 Å². The van der Waals surface area contributed by atoms with Crippen molar-refractivity contribution >= 4 is 46.2 Å². The van der Waals surface area contributed by atoms with Crippen molar-refractivity contribution in [2.75, 3.05) is 0 Å². The highest BCUT2D eigenvalue weighted by molar-refractivity contribution is 8.18. The molecule has 0 unspecified atom stereocenters. The van der Waals surface area contributed by atoms with Crippen LogP contribution in [0.5, 0.6) is 0 Å². The van der Waals surface area contributed by atoms with Crippen LogP contribution in [0.15, 0.2) is 52.4 Å². The Morgan fingerprint density at radius 1 is 1.23 bits per heavy atom. The molecule has 0 radical (unpaired) electrons. The van der Waals surface area contributed by atoms with Gasteiger partial charge in [0.15, 0.2) is 5.17 Å². The third kappa shape index (κ3) is 4.54. The Hall–Kier alpha value is -2.11. The van der Waals surface area contributed by atoms with E-state index in [1.165, 1.54) is 35.5 Å². The molecule has 0 spiro atoms. The molecule has 3 rings (SSSR count). The first kappa shape index (κ1) is 18.7. The first-order valence-corrected chi connectivity index (χ1v) is 9.59. The molecule has 6 heteroatoms. The number of unbranched alkanes of at least 4 members (excludes halogenated alkanes) is 1. The van der Waals surface area contributed by atoms with Crippen molar-refractivity contribution in [1.82, 2.24) is 5.32 Å². The molecule has 134 valence electrons. The van der Waals surface area contributed by atoms with Gasteiger partial charge in [0.05, 0.1) is 15.6 Å². The molecule has 1 heterocycles. The van der Waals surface area contributed by atoms with Gasteiger partial charge in [0.1, 0.15) is 5.82 Å². The summed E-state index contributed by atoms with van der Waals surface area (Å²) in [7, 11) is 0. The molecule has 1 saturated heterocycles. The summed E-state index contributed by atoms with van der Waals surface area (Å²) in [5.74, 6) is -0.779. The predicted octanol–water partition coefficient (Wildman–Crippen LogP) is 5.71. The number of nitrogens with one attached hydrogen (secondary N) is 1. The van der Waals surface area contributed by atoms with E-state index in [2.05, 4.69) is 17.2 Å². The summed E-state index contributed by atoms with van der Waals surface area (Å²) in [6, 6.07) is 12.4. The molecule has 0 aliphatic carbocycles. The normalized spacial score (nSPS) is 17.1. The highest BCUT2D eigenvalue weighted by Gasteiger charge is 2.24. The number of carbonyl (C=O) groups excluding carboxylic acids is 1. The van der Waals surface area contributed by atoms with Crippen LogP contribution in [0.25, 0.3) is 6.08 Å². The number of halogens is 2. The minimum Gasteiger partial charge on any atom is -0.300 e. The third-order valence-electron chi connectivity index (χ3n) is 3.91. The van der Waals surface area contributed by atoms with Crippen molar-refractivity contribution in [2.24, 2.45) is 4.99 Å². The number of hydrogen-bond acceptors (Lipinski definition) is 3. The summed E-state index contributed by atoms with van der Waals surface area (Å²) < 4.78 is 13.9. The lowest BCUT2D eigenvalue weighted by molar-refractivity contribution is -0.115. The summed E-state index contributed by atoms with van der Waals surface area (Å²) in [5.41, 5.74) is 2.24. The minimum atomic E-state index is -0.466. The molecule has 3 nitrogen and oxygen atoms in total. The number of thioether (sulfide) groups is 1. The van der Waals surface area contributed by atoms with Crippen LogP contribution in [0.4, 0.5) is 10.1 Å². The molecule has 2 aromatic rings. The average molecular weight is 389 g/mol. The lowest BCUT2D eigenvalue weighted by Crippen LogP contribution is -2.19. The zero-order chi connectivity index (χ0) is 18.5. The number of rotatable bonds is 5. The molecule has 1 N–H and O–H groups in total. The van der Waals surface area contributed by atoms with E-state index >= 15 is 0 Å². The second kappa shape index (κ2) is 8.52. The van der Waals surface area contributed by atoms with Crippen LogP contribution in [-0.2, 0) is 11.2 Å². The molecule has 0 saturated carbocycles. The van der Waals surface area contributed by atoms with Crippen LogP contribution < -0.4 is 5.32 Å². The van der Waals surface area contributed by atoms with Gasteiger partial charge in [-0.1, -0.05) is 43.1 Å². The van der Waals surface area contributed by atoms with E-state index in [1.807, 2.05) is 24.3 Å². The van der Waals surface area contributed by atoms with E-state index in [1.54, 1.807) is 6.07 Å². The number of amidine groups is 1. The smallest absolute Gasteiger partial charge is 0.264 e. The molecule has 0 atom stereocenters. The van der Waals surface area contributed by atoms with Gasteiger partial charge in [-0.15, -0.1) is 0 Å². The molecular formula is C20H18ClFN2OS. The van der Waals surface area contributed by atoms with E-state index in [-0.39, 0.29) is 16.5 Å². The van der Waals surface area contributed by atoms with Gasteiger partial charge >= 0.3 is 0 Å². The minimum absolute atomic E-state index is 0.202. The summed E-state index contributed by atoms with van der Waals surface area (Å²) >= 11 is 7.19. The summed E-state index contributed by atoms with van der Waals surface area (Å²) in [6.07, 6.45) is 4.82. The number of aryl methyl sites for hydroxylation is 1. The van der Waals surface area contributed by atoms with Gasteiger partial charge in [0.2, 0.25) is 0 Å². The van der Waals surface area contributed by atoms with Crippen molar-refractivity contribution in [3.63, 3.8) is 0 Å². The summed E-state index contributed by atoms with van der Waals surface area (Å²) in [5, 5.41) is 3.43. The number of hydrogen-bond donors (Lipinski definition) is 1. The molecule has 0 aromatic heterocycles. The van der Waals surface area contributed by atoms with Crippen molar-refractivity contribution in [1.29, 1.82) is 0 Å². The van der Waals surface area contributed by atoms with Gasteiger partial charge in [0, 0.05) is 5.56 Å². The lowest BCUT2D eigenvalue weighted by atomic mass is 10.1. The van der Waals surface area contributed by atoms with Gasteiger partial charge in [-0.05, 0) is 60.5 Å². The second-order valence-electron chi connectivity index (χ2n) is 5.89. The average Bonchev–Trinajstić information content (AvgIpc) is 2.97. The van der Waals surface area contributed by atoms with Crippen molar-refractivity contribution < 1.29 is 9.18 Å². The maximum atomic E-state index is 13.9. The van der Waals surface area contributed by atoms with Crippen LogP contribution >= 0.6 is 23.4 Å². The van der Waals surface area contributed by atoms with Crippen LogP contribution in [0, 0.1) is 5.82 Å². The Labute approximate surface area is 161 Å². The zero-order valence-corrected chi connectivity index (χ0v) is 15.8. The molecule has 2 aromatic carbocycles. The monoisotopic (exact) mass is 388 g/mol. The molecule has 26 heavy (non-hydrogen) atoms. The number of carbonyl (C=O) groups is 1. The summed E-state index contributed by atoms with van der Waals surface area (Å²) in [4.78, 5) is 16.9. The van der Waals surface area contributed by atoms with Crippen LogP contribution in [0.3, 0.4) is 0 Å². The number of benzene rings is 2. The highest BCUT2D eigenvalue weighted by Crippen LogP contribution is 2.30. The topological polar surface area (TPSA) is 41.5 Å². The predicted molar refractivity (Wildman–Crippen MR) is 107 cm³/mol. The lowest BCUT2D eigenvalue weighted by Gasteiger charge is -2.01. The molecule has 1 aliphatic rings. The molecule has 0 bridgehead atoms. The van der Waals surface area contributed by atoms with Crippen molar-refractivity contribution in [3.8, 4) is 0 Å². The van der Waals surface area contributed by atoms with E-state index < -0.39 is 5.82 Å². The number of nitrogens with zero attached hydrogens (tertiary/aromatic N) is 1. The Morgan fingerprint density at radius 3 is 2.69 bits per heavy atom. The Kier molecular flexibility index (Phi) is 6.12. The Morgan fingerprint density at radius 2 is 2.00 bits per heavy atom. The first-order chi connectivity index (χ1) is 12.6. The van der Waals surface area contributed by atoms with Crippen LogP contribution in [0.2, 0.25) is 5.02 Å². The maximum Gasteiger partial charge on any atom is 0.264 e. The van der Waals surface area contributed by atoms with Gasteiger partial charge in [-0.2, -0.15) is 0 Å². The fraction of sp³-hybridized carbons (Fsp3) is 0.200. The number of amides is 1. The standard InChI is InChI=1S/C20H18ClFN2OS/c1-2-3-5-13-8-10-14(11-9-13)23-20-24-19(25)18(26-20)12-15-16(21)6-4-7-17(15)22/h4,6-12H,2-3,5H2,1H3,(H,23,24,25). The van der Waals surface area contributed by atoms with Crippen molar-refractivity contribution in [2.45, 2.75) is 26.2 Å². The highest BCUT2D eigenvalue weighted by atomic mass is 35.5. The first-order valence-electron chi connectivity index (χ1n) is 8.39. The summed E-state index contributed by atoms with van der Waals surface area (Å²) in [6.45, 7) is 2.17. The van der Waals surface area contributed by atoms with E-state index in [0.29, 0.717) is 10.1 Å². The molecular weight excluding hydrogens is 371 g/mol. The maximum absolute atomic E-state index is 13.9. The van der Waals surface area contributed by atoms with E-state index in [0.717, 1.165) is 24.9 Å². The fourth-order valence-corrected chi connectivity index (χ4v) is 3.54. The van der Waals surface area contributed by atoms with Gasteiger partial charge in [-0.25, -0.2) is 9.38 Å². The Bertz CT molecular complexity index is 858. The van der Waals surface area contributed by atoms with E-state index in [4.69, 9.17) is 11.6 Å². The van der Waals surface area contributed by atoms with E-state index in [9.17, 15) is 9.18 Å². The number of aliphatic imine (C=N–C) groups is 1. The second-order valence-corrected chi connectivity index (χ2v) is 7.32. The van der Waals surface area contributed by atoms with Gasteiger partial charge < -0.3 is 5.32 Å². The zero-order valence-electron chi connectivity index (χ0n) is 14.3. The van der Waals surface area contributed by atoms with Crippen LogP contribution in [0.1, 0.15) is 30.9 Å². The molecule has 1 amide bonds. The van der Waals surface area contributed by atoms with Gasteiger partial charge in [0.25, 0.3) is 5.91 Å². The molecule has 1 fully saturated rings. The molecule has 1 aliphatic heterocycles. The largest absolute Gasteiger partial charge is 0.300 e. The quantitative estimate of drug-likeness (QED) is 0.666.